The second-order valence-corrected chi connectivity index (χ2v) is 6.74. The molecule has 0 radical (unpaired) electrons. The molecule has 1 N–H and O–H groups in total. The molecule has 10 heteroatoms. The highest BCUT2D eigenvalue weighted by Crippen LogP contribution is 2.30. The molecule has 0 amide bonds. The third-order valence-electron chi connectivity index (χ3n) is 2.71. The predicted molar refractivity (Wildman–Crippen MR) is 78.0 cm³/mol. The molecular formula is C13H6Cl2F2NO4S-. The summed E-state index contributed by atoms with van der Waals surface area (Å²) < 4.78 is 52.7. The van der Waals surface area contributed by atoms with Gasteiger partial charge in [-0.3, -0.25) is 4.72 Å². The van der Waals surface area contributed by atoms with Crippen LogP contribution in [0.5, 0.6) is 0 Å². The predicted octanol–water partition coefficient (Wildman–Crippen LogP) is 2.44. The fourth-order valence-electron chi connectivity index (χ4n) is 1.66. The molecule has 0 bridgehead atoms. The van der Waals surface area contributed by atoms with E-state index in [-0.39, 0.29) is 10.0 Å². The van der Waals surface area contributed by atoms with E-state index in [1.807, 2.05) is 4.72 Å². The maximum Gasteiger partial charge on any atom is 0.263 e. The van der Waals surface area contributed by atoms with Crippen molar-refractivity contribution in [3.05, 3.63) is 57.6 Å². The molecule has 5 nitrogen and oxygen atoms in total. The van der Waals surface area contributed by atoms with Gasteiger partial charge in [-0.25, -0.2) is 17.2 Å². The highest BCUT2D eigenvalue weighted by molar-refractivity contribution is 7.92. The van der Waals surface area contributed by atoms with Crippen molar-refractivity contribution in [1.82, 2.24) is 0 Å². The van der Waals surface area contributed by atoms with E-state index >= 15 is 0 Å². The molecule has 23 heavy (non-hydrogen) atoms. The zero-order valence-electron chi connectivity index (χ0n) is 10.9. The molecule has 0 saturated heterocycles. The maximum atomic E-state index is 13.5. The Labute approximate surface area is 139 Å². The van der Waals surface area contributed by atoms with Crippen LogP contribution in [0.25, 0.3) is 0 Å². The molecule has 0 aromatic heterocycles. The summed E-state index contributed by atoms with van der Waals surface area (Å²) in [5.41, 5.74) is -1.14. The first-order valence-electron chi connectivity index (χ1n) is 5.80. The third kappa shape index (κ3) is 3.72. The van der Waals surface area contributed by atoms with Crippen LogP contribution in [-0.4, -0.2) is 14.4 Å². The molecule has 0 fully saturated rings. The van der Waals surface area contributed by atoms with Gasteiger partial charge in [-0.15, -0.1) is 0 Å². The molecule has 0 aliphatic heterocycles. The highest BCUT2D eigenvalue weighted by atomic mass is 35.5. The van der Waals surface area contributed by atoms with Crippen LogP contribution in [0.1, 0.15) is 10.4 Å². The van der Waals surface area contributed by atoms with E-state index in [1.165, 1.54) is 0 Å². The molecule has 0 saturated carbocycles. The zero-order valence-corrected chi connectivity index (χ0v) is 13.3. The van der Waals surface area contributed by atoms with E-state index in [1.54, 1.807) is 0 Å². The minimum Gasteiger partial charge on any atom is -0.545 e. The number of carboxylic acids is 1. The number of hydrogen-bond donors (Lipinski definition) is 1. The van der Waals surface area contributed by atoms with Crippen LogP contribution in [0.3, 0.4) is 0 Å². The van der Waals surface area contributed by atoms with E-state index < -0.39 is 43.8 Å². The molecule has 2 aromatic rings. The molecule has 0 unspecified atom stereocenters. The van der Waals surface area contributed by atoms with Crippen LogP contribution < -0.4 is 9.83 Å². The molecule has 0 spiro atoms. The number of hydrogen-bond acceptors (Lipinski definition) is 4. The lowest BCUT2D eigenvalue weighted by Gasteiger charge is -2.13. The molecule has 0 heterocycles. The standard InChI is InChI=1S/C13H7Cl2F2NO4S/c14-8-5-9(15)12(4-7(8)13(19)20)23(21,22)18-11-2-1-6(16)3-10(11)17/h1-5,18H,(H,19,20)/p-1. The van der Waals surface area contributed by atoms with Gasteiger partial charge in [0.15, 0.2) is 0 Å². The Balaban J connectivity index is 2.51. The number of benzene rings is 2. The van der Waals surface area contributed by atoms with Crippen LogP contribution in [0.2, 0.25) is 10.0 Å². The Morgan fingerprint density at radius 1 is 1.09 bits per heavy atom. The SMILES string of the molecule is O=C([O-])c1cc(S(=O)(=O)Nc2ccc(F)cc2F)c(Cl)cc1Cl. The van der Waals surface area contributed by atoms with Crippen molar-refractivity contribution in [2.45, 2.75) is 4.90 Å². The Hall–Kier alpha value is -1.90. The van der Waals surface area contributed by atoms with E-state index in [9.17, 15) is 27.1 Å². The Bertz CT molecular complexity index is 903. The smallest absolute Gasteiger partial charge is 0.263 e. The minimum absolute atomic E-state index is 0.318. The Morgan fingerprint density at radius 3 is 2.30 bits per heavy atom. The molecule has 0 aliphatic carbocycles. The molecule has 2 aromatic carbocycles. The van der Waals surface area contributed by atoms with Gasteiger partial charge in [-0.2, -0.15) is 0 Å². The Morgan fingerprint density at radius 2 is 1.74 bits per heavy atom. The molecule has 122 valence electrons. The zero-order chi connectivity index (χ0) is 17.4. The summed E-state index contributed by atoms with van der Waals surface area (Å²) in [4.78, 5) is 10.3. The van der Waals surface area contributed by atoms with Gasteiger partial charge in [-0.1, -0.05) is 23.2 Å². The van der Waals surface area contributed by atoms with Gasteiger partial charge in [0.1, 0.15) is 16.5 Å². The number of nitrogens with one attached hydrogen (secondary N) is 1. The number of rotatable bonds is 4. The first kappa shape index (κ1) is 17.5. The fourth-order valence-corrected chi connectivity index (χ4v) is 3.58. The van der Waals surface area contributed by atoms with Gasteiger partial charge >= 0.3 is 0 Å². The third-order valence-corrected chi connectivity index (χ3v) is 4.85. The van der Waals surface area contributed by atoms with Crippen molar-refractivity contribution in [3.8, 4) is 0 Å². The van der Waals surface area contributed by atoms with E-state index in [2.05, 4.69) is 0 Å². The summed E-state index contributed by atoms with van der Waals surface area (Å²) in [6.45, 7) is 0. The summed E-state index contributed by atoms with van der Waals surface area (Å²) >= 11 is 11.4. The average molecular weight is 381 g/mol. The highest BCUT2D eigenvalue weighted by Gasteiger charge is 2.22. The van der Waals surface area contributed by atoms with Crippen molar-refractivity contribution in [1.29, 1.82) is 0 Å². The minimum atomic E-state index is -4.45. The van der Waals surface area contributed by atoms with Gasteiger partial charge in [0.2, 0.25) is 0 Å². The number of sulfonamides is 1. The first-order valence-corrected chi connectivity index (χ1v) is 8.04. The summed E-state index contributed by atoms with van der Waals surface area (Å²) in [5.74, 6) is -3.76. The fraction of sp³-hybridized carbons (Fsp3) is 0. The van der Waals surface area contributed by atoms with E-state index in [4.69, 9.17) is 23.2 Å². The second-order valence-electron chi connectivity index (χ2n) is 4.28. The van der Waals surface area contributed by atoms with Crippen LogP contribution in [0, 0.1) is 11.6 Å². The number of halogens is 4. The van der Waals surface area contributed by atoms with Crippen LogP contribution >= 0.6 is 23.2 Å². The molecular weight excluding hydrogens is 375 g/mol. The quantitative estimate of drug-likeness (QED) is 0.882. The van der Waals surface area contributed by atoms with Crippen molar-refractivity contribution < 1.29 is 27.1 Å². The molecule has 0 atom stereocenters. The summed E-state index contributed by atoms with van der Waals surface area (Å²) in [6, 6.07) is 3.78. The van der Waals surface area contributed by atoms with Gasteiger partial charge in [-0.05, 0) is 24.3 Å². The van der Waals surface area contributed by atoms with E-state index in [0.29, 0.717) is 12.1 Å². The average Bonchev–Trinajstić information content (AvgIpc) is 2.41. The molecule has 0 aliphatic rings. The second kappa shape index (κ2) is 6.31. The van der Waals surface area contributed by atoms with Gasteiger partial charge in [0, 0.05) is 11.6 Å². The normalized spacial score (nSPS) is 11.3. The number of carbonyl (C=O) groups excluding carboxylic acids is 1. The van der Waals surface area contributed by atoms with Crippen LogP contribution in [-0.2, 0) is 10.0 Å². The number of carbonyl (C=O) groups is 1. The summed E-state index contributed by atoms with van der Waals surface area (Å²) in [5, 5.41) is 10.2. The van der Waals surface area contributed by atoms with Crippen molar-refractivity contribution in [3.63, 3.8) is 0 Å². The lowest BCUT2D eigenvalue weighted by atomic mass is 10.2. The molecule has 2 rings (SSSR count). The van der Waals surface area contributed by atoms with Gasteiger partial charge in [0.05, 0.1) is 21.7 Å². The number of carboxylic acid groups (broad SMARTS) is 1. The summed E-state index contributed by atoms with van der Waals surface area (Å²) in [7, 11) is -4.45. The Kier molecular flexibility index (Phi) is 4.79. The maximum absolute atomic E-state index is 13.5. The van der Waals surface area contributed by atoms with Crippen LogP contribution in [0.4, 0.5) is 14.5 Å². The first-order chi connectivity index (χ1) is 10.6. The monoisotopic (exact) mass is 380 g/mol. The topological polar surface area (TPSA) is 86.3 Å². The lowest BCUT2D eigenvalue weighted by molar-refractivity contribution is -0.255. The van der Waals surface area contributed by atoms with Crippen molar-refractivity contribution >= 4 is 44.9 Å². The number of aromatic carboxylic acids is 1. The largest absolute Gasteiger partial charge is 0.545 e. The number of anilines is 1. The van der Waals surface area contributed by atoms with Crippen LogP contribution in [0.15, 0.2) is 35.2 Å². The van der Waals surface area contributed by atoms with Gasteiger partial charge in [0.25, 0.3) is 10.0 Å². The van der Waals surface area contributed by atoms with Crippen molar-refractivity contribution in [2.75, 3.05) is 4.72 Å². The van der Waals surface area contributed by atoms with Crippen molar-refractivity contribution in [2.24, 2.45) is 0 Å². The van der Waals surface area contributed by atoms with Gasteiger partial charge < -0.3 is 9.90 Å². The lowest BCUT2D eigenvalue weighted by Crippen LogP contribution is -2.23. The summed E-state index contributed by atoms with van der Waals surface area (Å²) in [6.07, 6.45) is 0. The van der Waals surface area contributed by atoms with E-state index in [0.717, 1.165) is 18.2 Å².